The summed E-state index contributed by atoms with van der Waals surface area (Å²) in [5.74, 6) is 2.51. The zero-order valence-electron chi connectivity index (χ0n) is 13.7. The molecule has 0 spiro atoms. The van der Waals surface area contributed by atoms with Crippen molar-refractivity contribution in [3.8, 4) is 11.5 Å². The Morgan fingerprint density at radius 2 is 1.83 bits per heavy atom. The predicted molar refractivity (Wildman–Crippen MR) is 101 cm³/mol. The molecule has 24 heavy (non-hydrogen) atoms. The van der Waals surface area contributed by atoms with Crippen molar-refractivity contribution in [2.75, 3.05) is 25.6 Å². The van der Waals surface area contributed by atoms with Crippen molar-refractivity contribution in [3.05, 3.63) is 58.7 Å². The lowest BCUT2D eigenvalue weighted by atomic mass is 10.1. The molecule has 4 nitrogen and oxygen atoms in total. The topological polar surface area (TPSA) is 43.4 Å². The van der Waals surface area contributed by atoms with Gasteiger partial charge in [-0.25, -0.2) is 4.98 Å². The molecule has 0 bridgehead atoms. The van der Waals surface area contributed by atoms with Crippen molar-refractivity contribution in [3.63, 3.8) is 0 Å². The molecule has 0 aliphatic heterocycles. The maximum atomic E-state index is 5.73. The van der Waals surface area contributed by atoms with E-state index in [1.165, 1.54) is 5.39 Å². The Bertz CT molecular complexity index is 826. The molecular formula is C19H19BrN2O2. The molecule has 0 amide bonds. The Morgan fingerprint density at radius 1 is 1.08 bits per heavy atom. The molecule has 124 valence electrons. The fraction of sp³-hybridized carbons (Fsp3) is 0.211. The Kier molecular flexibility index (Phi) is 5.20. The minimum atomic E-state index is 0.553. The molecule has 1 heterocycles. The van der Waals surface area contributed by atoms with Crippen molar-refractivity contribution < 1.29 is 9.47 Å². The number of rotatable bonds is 6. The van der Waals surface area contributed by atoms with Gasteiger partial charge in [0, 0.05) is 21.4 Å². The maximum absolute atomic E-state index is 5.73. The van der Waals surface area contributed by atoms with E-state index in [1.807, 2.05) is 42.6 Å². The van der Waals surface area contributed by atoms with Crippen LogP contribution < -0.4 is 14.8 Å². The fourth-order valence-corrected chi connectivity index (χ4v) is 3.25. The molecule has 0 aliphatic carbocycles. The number of anilines is 1. The van der Waals surface area contributed by atoms with Crippen molar-refractivity contribution >= 4 is 32.5 Å². The smallest absolute Gasteiger partial charge is 0.133 e. The first-order valence-corrected chi connectivity index (χ1v) is 8.53. The number of nitrogens with one attached hydrogen (secondary N) is 1. The van der Waals surface area contributed by atoms with Gasteiger partial charge in [-0.1, -0.05) is 28.1 Å². The summed E-state index contributed by atoms with van der Waals surface area (Å²) in [6.07, 6.45) is 1.89. The molecule has 3 aromatic rings. The summed E-state index contributed by atoms with van der Waals surface area (Å²) >= 11 is 3.62. The van der Waals surface area contributed by atoms with Gasteiger partial charge in [0.1, 0.15) is 23.9 Å². The molecule has 3 rings (SSSR count). The van der Waals surface area contributed by atoms with E-state index < -0.39 is 0 Å². The van der Waals surface area contributed by atoms with E-state index in [-0.39, 0.29) is 0 Å². The molecule has 0 fully saturated rings. The first-order valence-electron chi connectivity index (χ1n) is 7.73. The second-order valence-corrected chi connectivity index (χ2v) is 6.26. The first kappa shape index (κ1) is 16.6. The summed E-state index contributed by atoms with van der Waals surface area (Å²) in [6, 6.07) is 13.7. The highest BCUT2D eigenvalue weighted by Crippen LogP contribution is 2.30. The number of benzene rings is 2. The average Bonchev–Trinajstić information content (AvgIpc) is 2.61. The monoisotopic (exact) mass is 386 g/mol. The minimum absolute atomic E-state index is 0.553. The van der Waals surface area contributed by atoms with Gasteiger partial charge >= 0.3 is 0 Å². The van der Waals surface area contributed by atoms with Crippen molar-refractivity contribution in [2.24, 2.45) is 0 Å². The minimum Gasteiger partial charge on any atom is -0.497 e. The number of nitrogens with zero attached hydrogens (tertiary/aromatic N) is 1. The molecule has 0 saturated carbocycles. The molecule has 0 unspecified atom stereocenters. The molecule has 0 aliphatic rings. The largest absolute Gasteiger partial charge is 0.497 e. The number of hydrogen-bond acceptors (Lipinski definition) is 4. The summed E-state index contributed by atoms with van der Waals surface area (Å²) in [5, 5.41) is 5.64. The van der Waals surface area contributed by atoms with E-state index in [2.05, 4.69) is 39.2 Å². The average molecular weight is 387 g/mol. The molecule has 0 saturated heterocycles. The molecule has 0 radical (unpaired) electrons. The molecule has 0 atom stereocenters. The Labute approximate surface area is 149 Å². The summed E-state index contributed by atoms with van der Waals surface area (Å²) in [4.78, 5) is 4.51. The number of methoxy groups -OCH3 is 1. The van der Waals surface area contributed by atoms with Crippen LogP contribution in [-0.2, 0) is 0 Å². The molecule has 2 aromatic carbocycles. The molecular weight excluding hydrogens is 368 g/mol. The van der Waals surface area contributed by atoms with Gasteiger partial charge in [0.05, 0.1) is 13.7 Å². The van der Waals surface area contributed by atoms with Crippen LogP contribution in [0.1, 0.15) is 5.56 Å². The number of hydrogen-bond donors (Lipinski definition) is 1. The Balaban J connectivity index is 1.63. The molecule has 1 N–H and O–H groups in total. The van der Waals surface area contributed by atoms with Crippen LogP contribution in [-0.4, -0.2) is 25.2 Å². The molecule has 1 aromatic heterocycles. The van der Waals surface area contributed by atoms with E-state index in [0.717, 1.165) is 32.7 Å². The predicted octanol–water partition coefficient (Wildman–Crippen LogP) is 4.81. The van der Waals surface area contributed by atoms with E-state index in [4.69, 9.17) is 9.47 Å². The van der Waals surface area contributed by atoms with Crippen LogP contribution in [0.3, 0.4) is 0 Å². The van der Waals surface area contributed by atoms with Crippen LogP contribution in [0.4, 0.5) is 5.82 Å². The van der Waals surface area contributed by atoms with Crippen LogP contribution in [0.5, 0.6) is 11.5 Å². The van der Waals surface area contributed by atoms with Gasteiger partial charge in [0.15, 0.2) is 0 Å². The number of fused-ring (bicyclic) bond motifs is 1. The normalized spacial score (nSPS) is 10.6. The van der Waals surface area contributed by atoms with Gasteiger partial charge in [-0.05, 0) is 42.8 Å². The quantitative estimate of drug-likeness (QED) is 0.617. The third-order valence-corrected chi connectivity index (χ3v) is 4.43. The van der Waals surface area contributed by atoms with E-state index >= 15 is 0 Å². The van der Waals surface area contributed by atoms with Crippen LogP contribution in [0.2, 0.25) is 0 Å². The highest BCUT2D eigenvalue weighted by atomic mass is 79.9. The van der Waals surface area contributed by atoms with Gasteiger partial charge in [-0.15, -0.1) is 0 Å². The Hall–Kier alpha value is -2.27. The number of halogens is 1. The lowest BCUT2D eigenvalue weighted by Crippen LogP contribution is -2.12. The maximum Gasteiger partial charge on any atom is 0.133 e. The fourth-order valence-electron chi connectivity index (χ4n) is 2.57. The number of aromatic nitrogens is 1. The first-order chi connectivity index (χ1) is 11.7. The van der Waals surface area contributed by atoms with Crippen molar-refractivity contribution in [2.45, 2.75) is 6.92 Å². The van der Waals surface area contributed by atoms with Crippen LogP contribution in [0.25, 0.3) is 10.8 Å². The van der Waals surface area contributed by atoms with Crippen molar-refractivity contribution in [1.82, 2.24) is 4.98 Å². The lowest BCUT2D eigenvalue weighted by Gasteiger charge is -2.12. The van der Waals surface area contributed by atoms with Gasteiger partial charge < -0.3 is 14.8 Å². The number of ether oxygens (including phenoxy) is 2. The van der Waals surface area contributed by atoms with E-state index in [1.54, 1.807) is 7.11 Å². The summed E-state index contributed by atoms with van der Waals surface area (Å²) in [7, 11) is 1.65. The van der Waals surface area contributed by atoms with Crippen LogP contribution in [0.15, 0.2) is 53.1 Å². The third kappa shape index (κ3) is 3.62. The summed E-state index contributed by atoms with van der Waals surface area (Å²) in [5.41, 5.74) is 1.15. The highest BCUT2D eigenvalue weighted by Gasteiger charge is 2.07. The zero-order valence-corrected chi connectivity index (χ0v) is 15.3. The van der Waals surface area contributed by atoms with Gasteiger partial charge in [-0.2, -0.15) is 0 Å². The second-order valence-electron chi connectivity index (χ2n) is 5.40. The second kappa shape index (κ2) is 7.53. The van der Waals surface area contributed by atoms with Crippen molar-refractivity contribution in [1.29, 1.82) is 0 Å². The van der Waals surface area contributed by atoms with E-state index in [0.29, 0.717) is 13.2 Å². The standard InChI is InChI=1S/C19H19BrN2O2/c1-13-12-22-19(16-4-3-5-17(20)18(13)16)21-10-11-24-15-8-6-14(23-2)7-9-15/h3-9,12H,10-11H2,1-2H3,(H,21,22). The lowest BCUT2D eigenvalue weighted by molar-refractivity contribution is 0.331. The zero-order chi connectivity index (χ0) is 16.9. The number of aryl methyl sites for hydroxylation is 1. The molecule has 5 heteroatoms. The van der Waals surface area contributed by atoms with Crippen LogP contribution in [0, 0.1) is 6.92 Å². The van der Waals surface area contributed by atoms with Gasteiger partial charge in [0.25, 0.3) is 0 Å². The summed E-state index contributed by atoms with van der Waals surface area (Å²) in [6.45, 7) is 3.29. The SMILES string of the molecule is COc1ccc(OCCNc2ncc(C)c3c(Br)cccc23)cc1. The van der Waals surface area contributed by atoms with Gasteiger partial charge in [-0.3, -0.25) is 0 Å². The summed E-state index contributed by atoms with van der Waals surface area (Å²) < 4.78 is 11.9. The Morgan fingerprint density at radius 3 is 2.58 bits per heavy atom. The highest BCUT2D eigenvalue weighted by molar-refractivity contribution is 9.10. The van der Waals surface area contributed by atoms with Crippen LogP contribution >= 0.6 is 15.9 Å². The van der Waals surface area contributed by atoms with E-state index in [9.17, 15) is 0 Å². The van der Waals surface area contributed by atoms with Gasteiger partial charge in [0.2, 0.25) is 0 Å². The number of pyridine rings is 1. The third-order valence-electron chi connectivity index (χ3n) is 3.77.